The summed E-state index contributed by atoms with van der Waals surface area (Å²) in [5.41, 5.74) is 5.61. The number of hydrogen-bond donors (Lipinski definition) is 0. The van der Waals surface area contributed by atoms with Crippen molar-refractivity contribution in [3.63, 3.8) is 0 Å². The minimum absolute atomic E-state index is 0.0159. The summed E-state index contributed by atoms with van der Waals surface area (Å²) in [7, 11) is -4.07. The number of fused-ring (bicyclic) bond motifs is 5. The molecule has 3 aliphatic heterocycles. The number of ether oxygens (including phenoxy) is 2. The predicted molar refractivity (Wildman–Crippen MR) is 157 cm³/mol. The number of carbonyl (C=O) groups excluding carboxylic acids is 1. The second-order valence-electron chi connectivity index (χ2n) is 10.5. The molecule has 0 saturated heterocycles. The highest BCUT2D eigenvalue weighted by Crippen LogP contribution is 2.37. The van der Waals surface area contributed by atoms with Gasteiger partial charge in [0.25, 0.3) is 0 Å². The number of esters is 1. The third-order valence-electron chi connectivity index (χ3n) is 7.78. The highest BCUT2D eigenvalue weighted by Gasteiger charge is 2.33. The fourth-order valence-electron chi connectivity index (χ4n) is 5.62. The molecule has 2 unspecified atom stereocenters. The largest absolute Gasteiger partial charge is 0.494 e. The molecule has 0 fully saturated rings. The van der Waals surface area contributed by atoms with Crippen molar-refractivity contribution in [3.8, 4) is 11.5 Å². The Labute approximate surface area is 249 Å². The molecule has 42 heavy (non-hydrogen) atoms. The molecule has 0 N–H and O–H groups in total. The number of hydrogen-bond acceptors (Lipinski definition) is 8. The molecule has 0 spiro atoms. The van der Waals surface area contributed by atoms with E-state index in [9.17, 15) is 13.2 Å². The lowest BCUT2D eigenvalue weighted by molar-refractivity contribution is -0.143. The summed E-state index contributed by atoms with van der Waals surface area (Å²) in [5, 5.41) is 9.30. The van der Waals surface area contributed by atoms with Gasteiger partial charge in [-0.1, -0.05) is 35.0 Å². The third kappa shape index (κ3) is 5.56. The van der Waals surface area contributed by atoms with Crippen LogP contribution in [-0.4, -0.2) is 46.9 Å². The Hall–Kier alpha value is -3.67. The van der Waals surface area contributed by atoms with Crippen molar-refractivity contribution in [3.05, 3.63) is 81.4 Å². The molecule has 220 valence electrons. The van der Waals surface area contributed by atoms with Crippen molar-refractivity contribution in [2.75, 3.05) is 13.2 Å². The van der Waals surface area contributed by atoms with Crippen LogP contribution >= 0.6 is 11.6 Å². The summed E-state index contributed by atoms with van der Waals surface area (Å²) in [6.07, 6.45) is 1.72. The minimum atomic E-state index is -4.07. The number of rotatable bonds is 3. The molecule has 12 heteroatoms. The predicted octanol–water partition coefficient (Wildman–Crippen LogP) is 5.29. The van der Waals surface area contributed by atoms with Gasteiger partial charge >= 0.3 is 16.3 Å². The molecular formula is C30H31ClN4O6S. The Balaban J connectivity index is 1.47. The van der Waals surface area contributed by atoms with E-state index in [0.717, 1.165) is 40.6 Å². The van der Waals surface area contributed by atoms with Crippen LogP contribution in [0.2, 0.25) is 5.02 Å². The van der Waals surface area contributed by atoms with E-state index in [-0.39, 0.29) is 43.8 Å². The zero-order valence-electron chi connectivity index (χ0n) is 23.4. The second-order valence-corrected chi connectivity index (χ2v) is 12.5. The standard InChI is InChI=1S/C30H31ClN4O6S/c1-3-39-29(36)16-25-20-6-9-26(31)21(14-20)17-34-18-22-15-23(7-11-28(22)41-42(34,37)38)40-13-5-4-12-35-27-10-8-24(25)19(2)30(27)32-33-35/h6-11,14-15,25H,3-5,12-13,16-18H2,1-2H3. The van der Waals surface area contributed by atoms with Crippen LogP contribution < -0.4 is 8.92 Å². The number of halogens is 1. The van der Waals surface area contributed by atoms with E-state index in [2.05, 4.69) is 10.3 Å². The maximum Gasteiger partial charge on any atom is 0.385 e. The molecule has 4 heterocycles. The van der Waals surface area contributed by atoms with E-state index >= 15 is 0 Å². The topological polar surface area (TPSA) is 113 Å². The number of nitrogens with zero attached hydrogens (tertiary/aromatic N) is 4. The third-order valence-corrected chi connectivity index (χ3v) is 9.43. The van der Waals surface area contributed by atoms with E-state index in [1.807, 2.05) is 41.9 Å². The van der Waals surface area contributed by atoms with E-state index in [4.69, 9.17) is 25.3 Å². The summed E-state index contributed by atoms with van der Waals surface area (Å²) in [5.74, 6) is 0.207. The Morgan fingerprint density at radius 1 is 1.10 bits per heavy atom. The van der Waals surface area contributed by atoms with Crippen LogP contribution in [0.1, 0.15) is 59.9 Å². The van der Waals surface area contributed by atoms with Crippen molar-refractivity contribution >= 4 is 38.9 Å². The molecular weight excluding hydrogens is 580 g/mol. The van der Waals surface area contributed by atoms with E-state index in [1.165, 1.54) is 4.31 Å². The zero-order valence-corrected chi connectivity index (χ0v) is 24.9. The summed E-state index contributed by atoms with van der Waals surface area (Å²) in [6, 6.07) is 14.6. The fourth-order valence-corrected chi connectivity index (χ4v) is 6.88. The van der Waals surface area contributed by atoms with Crippen LogP contribution in [0.3, 0.4) is 0 Å². The lowest BCUT2D eigenvalue weighted by Crippen LogP contribution is -2.37. The smallest absolute Gasteiger partial charge is 0.385 e. The summed E-state index contributed by atoms with van der Waals surface area (Å²) in [4.78, 5) is 12.8. The van der Waals surface area contributed by atoms with Gasteiger partial charge in [-0.2, -0.15) is 12.7 Å². The second kappa shape index (κ2) is 11.5. The van der Waals surface area contributed by atoms with E-state index in [0.29, 0.717) is 35.1 Å². The molecule has 9 bridgehead atoms. The highest BCUT2D eigenvalue weighted by atomic mass is 35.5. The maximum atomic E-state index is 13.1. The molecule has 0 amide bonds. The zero-order chi connectivity index (χ0) is 29.4. The van der Waals surface area contributed by atoms with Crippen molar-refractivity contribution in [1.29, 1.82) is 0 Å². The first-order valence-corrected chi connectivity index (χ1v) is 15.7. The SMILES string of the molecule is CCOC(=O)CC1c2ccc(Cl)c(c2)CN2Cc3cc(ccc3OS2(=O)=O)OCCCCn2nnc3c(C)c1ccc32. The first-order chi connectivity index (χ1) is 20.2. The van der Waals surface area contributed by atoms with Crippen LogP contribution in [0, 0.1) is 6.92 Å². The average molecular weight is 611 g/mol. The normalized spacial score (nSPS) is 19.8. The number of aryl methyl sites for hydroxylation is 2. The quantitative estimate of drug-likeness (QED) is 0.288. The number of aromatic nitrogens is 3. The van der Waals surface area contributed by atoms with Crippen molar-refractivity contribution < 1.29 is 26.9 Å². The molecule has 7 rings (SSSR count). The van der Waals surface area contributed by atoms with Gasteiger partial charge in [0.2, 0.25) is 0 Å². The van der Waals surface area contributed by atoms with Gasteiger partial charge in [0.1, 0.15) is 17.0 Å². The first kappa shape index (κ1) is 28.4. The first-order valence-electron chi connectivity index (χ1n) is 14.0. The number of benzene rings is 3. The van der Waals surface area contributed by atoms with Crippen LogP contribution in [0.4, 0.5) is 0 Å². The molecule has 3 aliphatic rings. The van der Waals surface area contributed by atoms with Gasteiger partial charge < -0.3 is 13.7 Å². The van der Waals surface area contributed by atoms with Gasteiger partial charge in [0, 0.05) is 36.1 Å². The summed E-state index contributed by atoms with van der Waals surface area (Å²) in [6.45, 7) is 5.28. The molecule has 0 saturated carbocycles. The van der Waals surface area contributed by atoms with Gasteiger partial charge in [-0.25, -0.2) is 4.68 Å². The summed E-state index contributed by atoms with van der Waals surface area (Å²) >= 11 is 6.62. The van der Waals surface area contributed by atoms with Crippen molar-refractivity contribution in [2.24, 2.45) is 0 Å². The van der Waals surface area contributed by atoms with Gasteiger partial charge in [-0.3, -0.25) is 4.79 Å². The van der Waals surface area contributed by atoms with Gasteiger partial charge in [0.15, 0.2) is 0 Å². The Morgan fingerprint density at radius 2 is 1.93 bits per heavy atom. The minimum Gasteiger partial charge on any atom is -0.494 e. The molecule has 0 aliphatic carbocycles. The lowest BCUT2D eigenvalue weighted by atomic mass is 9.85. The van der Waals surface area contributed by atoms with E-state index < -0.39 is 10.3 Å². The van der Waals surface area contributed by atoms with Crippen molar-refractivity contribution in [2.45, 2.75) is 58.7 Å². The molecule has 4 aromatic rings. The van der Waals surface area contributed by atoms with Crippen LogP contribution in [0.5, 0.6) is 11.5 Å². The molecule has 0 radical (unpaired) electrons. The van der Waals surface area contributed by atoms with E-state index in [1.54, 1.807) is 25.1 Å². The molecule has 2 atom stereocenters. The van der Waals surface area contributed by atoms with Crippen LogP contribution in [0.15, 0.2) is 48.5 Å². The summed E-state index contributed by atoms with van der Waals surface area (Å²) < 4.78 is 46.1. The Kier molecular flexibility index (Phi) is 7.82. The van der Waals surface area contributed by atoms with Crippen molar-refractivity contribution in [1.82, 2.24) is 19.3 Å². The lowest BCUT2D eigenvalue weighted by Gasteiger charge is -2.29. The van der Waals surface area contributed by atoms with Gasteiger partial charge in [-0.15, -0.1) is 5.10 Å². The van der Waals surface area contributed by atoms with Gasteiger partial charge in [-0.05, 0) is 79.3 Å². The molecule has 1 aromatic heterocycles. The van der Waals surface area contributed by atoms with Crippen LogP contribution in [0.25, 0.3) is 11.0 Å². The van der Waals surface area contributed by atoms with Crippen LogP contribution in [-0.2, 0) is 39.5 Å². The molecule has 3 aromatic carbocycles. The molecule has 10 nitrogen and oxygen atoms in total. The Bertz CT molecular complexity index is 1770. The Morgan fingerprint density at radius 3 is 2.76 bits per heavy atom. The monoisotopic (exact) mass is 610 g/mol. The number of carbonyl (C=O) groups is 1. The van der Waals surface area contributed by atoms with Gasteiger partial charge in [0.05, 0.1) is 25.2 Å². The maximum absolute atomic E-state index is 13.1. The highest BCUT2D eigenvalue weighted by molar-refractivity contribution is 7.84. The fraction of sp³-hybridized carbons (Fsp3) is 0.367. The average Bonchev–Trinajstić information content (AvgIpc) is 3.37.